The zero-order chi connectivity index (χ0) is 29.9. The van der Waals surface area contributed by atoms with Crippen LogP contribution < -0.4 is 9.64 Å². The summed E-state index contributed by atoms with van der Waals surface area (Å²) in [5.41, 5.74) is 4.49. The molecular weight excluding hydrogens is 536 g/mol. The Hall–Kier alpha value is -3.96. The number of carbonyl (C=O) groups is 1. The fourth-order valence-corrected chi connectivity index (χ4v) is 7.42. The van der Waals surface area contributed by atoms with Crippen molar-refractivity contribution in [2.24, 2.45) is 0 Å². The van der Waals surface area contributed by atoms with E-state index in [0.29, 0.717) is 50.6 Å². The molecule has 4 heterocycles. The summed E-state index contributed by atoms with van der Waals surface area (Å²) >= 11 is 0. The Morgan fingerprint density at radius 1 is 1.12 bits per heavy atom. The highest BCUT2D eigenvalue weighted by molar-refractivity contribution is 5.94. The van der Waals surface area contributed by atoms with E-state index < -0.39 is 0 Å². The van der Waals surface area contributed by atoms with Gasteiger partial charge < -0.3 is 14.5 Å². The minimum atomic E-state index is -0.155. The maximum absolute atomic E-state index is 12.6. The van der Waals surface area contributed by atoms with E-state index in [-0.39, 0.29) is 17.9 Å². The van der Waals surface area contributed by atoms with Crippen molar-refractivity contribution in [2.75, 3.05) is 31.1 Å². The van der Waals surface area contributed by atoms with Gasteiger partial charge in [0.15, 0.2) is 0 Å². The molecule has 1 aromatic heterocycles. The zero-order valence-corrected chi connectivity index (χ0v) is 25.4. The van der Waals surface area contributed by atoms with Crippen LogP contribution >= 0.6 is 0 Å². The molecule has 1 amide bonds. The number of hydrogen-bond donors (Lipinski definition) is 0. The molecule has 2 saturated heterocycles. The van der Waals surface area contributed by atoms with Crippen molar-refractivity contribution in [3.63, 3.8) is 0 Å². The molecule has 0 saturated carbocycles. The molecule has 6 rings (SSSR count). The topological polar surface area (TPSA) is 85.6 Å². The SMILES string of the molecule is C=CC(=O)N1CCC(c2nc(OC[C@@H]3CCCN3C(C)C)nc3c2CCN(c2cccc4ccccc24)C3)C[C@@H]1CC#N. The number of fused-ring (bicyclic) bond motifs is 2. The number of carbonyl (C=O) groups excluding carboxylic acids is 1. The van der Waals surface area contributed by atoms with Gasteiger partial charge in [-0.15, -0.1) is 0 Å². The molecule has 8 nitrogen and oxygen atoms in total. The third kappa shape index (κ3) is 5.96. The molecular formula is C35H42N6O2. The summed E-state index contributed by atoms with van der Waals surface area (Å²) in [6.07, 6.45) is 6.30. The van der Waals surface area contributed by atoms with Gasteiger partial charge in [0, 0.05) is 48.2 Å². The van der Waals surface area contributed by atoms with E-state index in [1.807, 2.05) is 0 Å². The second-order valence-electron chi connectivity index (χ2n) is 12.4. The molecule has 43 heavy (non-hydrogen) atoms. The first kappa shape index (κ1) is 29.1. The third-order valence-electron chi connectivity index (χ3n) is 9.56. The molecule has 8 heteroatoms. The second-order valence-corrected chi connectivity index (χ2v) is 12.4. The molecule has 0 N–H and O–H groups in total. The molecule has 2 fully saturated rings. The first-order valence-corrected chi connectivity index (χ1v) is 15.8. The van der Waals surface area contributed by atoms with E-state index in [1.165, 1.54) is 34.5 Å². The van der Waals surface area contributed by atoms with Gasteiger partial charge in [0.05, 0.1) is 30.4 Å². The maximum atomic E-state index is 12.6. The summed E-state index contributed by atoms with van der Waals surface area (Å²) in [7, 11) is 0. The molecule has 0 radical (unpaired) electrons. The van der Waals surface area contributed by atoms with Gasteiger partial charge in [0.1, 0.15) is 6.61 Å². The Bertz CT molecular complexity index is 1530. The Morgan fingerprint density at radius 3 is 2.77 bits per heavy atom. The van der Waals surface area contributed by atoms with Gasteiger partial charge in [-0.25, -0.2) is 0 Å². The van der Waals surface area contributed by atoms with Gasteiger partial charge in [-0.3, -0.25) is 9.69 Å². The molecule has 0 aliphatic carbocycles. The van der Waals surface area contributed by atoms with Gasteiger partial charge in [0.25, 0.3) is 0 Å². The molecule has 0 bridgehead atoms. The Labute approximate surface area is 255 Å². The first-order valence-electron chi connectivity index (χ1n) is 15.8. The van der Waals surface area contributed by atoms with Gasteiger partial charge >= 0.3 is 6.01 Å². The molecule has 3 aliphatic heterocycles. The number of ether oxygens (including phenoxy) is 1. The molecule has 1 unspecified atom stereocenters. The van der Waals surface area contributed by atoms with Crippen molar-refractivity contribution in [1.82, 2.24) is 19.8 Å². The number of nitriles is 1. The predicted octanol–water partition coefficient (Wildman–Crippen LogP) is 5.62. The Morgan fingerprint density at radius 2 is 1.95 bits per heavy atom. The van der Waals surface area contributed by atoms with Crippen molar-refractivity contribution in [1.29, 1.82) is 5.26 Å². The lowest BCUT2D eigenvalue weighted by molar-refractivity contribution is -0.129. The largest absolute Gasteiger partial charge is 0.462 e. The predicted molar refractivity (Wildman–Crippen MR) is 169 cm³/mol. The molecule has 3 aromatic rings. The lowest BCUT2D eigenvalue weighted by atomic mass is 9.83. The zero-order valence-electron chi connectivity index (χ0n) is 25.4. The average Bonchev–Trinajstić information content (AvgIpc) is 3.52. The van der Waals surface area contributed by atoms with E-state index in [0.717, 1.165) is 43.7 Å². The number of aromatic nitrogens is 2. The Kier molecular flexibility index (Phi) is 8.62. The molecule has 2 aromatic carbocycles. The summed E-state index contributed by atoms with van der Waals surface area (Å²) in [5.74, 6) is 0.0264. The maximum Gasteiger partial charge on any atom is 0.316 e. The number of likely N-dealkylation sites (tertiary alicyclic amines) is 2. The fourth-order valence-electron chi connectivity index (χ4n) is 7.42. The summed E-state index contributed by atoms with van der Waals surface area (Å²) < 4.78 is 6.42. The van der Waals surface area contributed by atoms with Crippen LogP contribution in [0.2, 0.25) is 0 Å². The van der Waals surface area contributed by atoms with Crippen LogP contribution in [0.15, 0.2) is 55.1 Å². The average molecular weight is 579 g/mol. The van der Waals surface area contributed by atoms with Gasteiger partial charge in [0.2, 0.25) is 5.91 Å². The van der Waals surface area contributed by atoms with Crippen molar-refractivity contribution in [3.05, 3.63) is 72.1 Å². The van der Waals surface area contributed by atoms with E-state index in [1.54, 1.807) is 4.90 Å². The summed E-state index contributed by atoms with van der Waals surface area (Å²) in [5, 5.41) is 12.0. The lowest BCUT2D eigenvalue weighted by Gasteiger charge is -2.39. The normalized spacial score (nSPS) is 22.4. The minimum Gasteiger partial charge on any atom is -0.462 e. The van der Waals surface area contributed by atoms with Crippen molar-refractivity contribution in [2.45, 2.75) is 83.0 Å². The third-order valence-corrected chi connectivity index (χ3v) is 9.56. The smallest absolute Gasteiger partial charge is 0.316 e. The number of amides is 1. The highest BCUT2D eigenvalue weighted by atomic mass is 16.5. The number of benzene rings is 2. The van der Waals surface area contributed by atoms with Gasteiger partial charge in [-0.05, 0) is 75.6 Å². The molecule has 0 spiro atoms. The quantitative estimate of drug-likeness (QED) is 0.321. The van der Waals surface area contributed by atoms with Crippen LogP contribution in [0.5, 0.6) is 6.01 Å². The van der Waals surface area contributed by atoms with Crippen molar-refractivity contribution in [3.8, 4) is 12.1 Å². The highest BCUT2D eigenvalue weighted by Gasteiger charge is 2.35. The van der Waals surface area contributed by atoms with Gasteiger partial charge in [-0.1, -0.05) is 43.0 Å². The van der Waals surface area contributed by atoms with Crippen molar-refractivity contribution >= 4 is 22.4 Å². The van der Waals surface area contributed by atoms with Crippen LogP contribution in [-0.2, 0) is 17.8 Å². The van der Waals surface area contributed by atoms with Crippen LogP contribution in [-0.4, -0.2) is 70.0 Å². The Balaban J connectivity index is 1.32. The fraction of sp³-hybridized carbons (Fsp3) is 0.486. The molecule has 3 atom stereocenters. The number of nitrogens with zero attached hydrogens (tertiary/aromatic N) is 6. The monoisotopic (exact) mass is 578 g/mol. The van der Waals surface area contributed by atoms with E-state index >= 15 is 0 Å². The first-order chi connectivity index (χ1) is 21.0. The number of hydrogen-bond acceptors (Lipinski definition) is 7. The lowest BCUT2D eigenvalue weighted by Crippen LogP contribution is -2.45. The second kappa shape index (κ2) is 12.7. The highest BCUT2D eigenvalue weighted by Crippen LogP contribution is 2.38. The van der Waals surface area contributed by atoms with E-state index in [4.69, 9.17) is 14.7 Å². The van der Waals surface area contributed by atoms with Gasteiger partial charge in [-0.2, -0.15) is 15.2 Å². The number of anilines is 1. The summed E-state index contributed by atoms with van der Waals surface area (Å²) in [6, 6.07) is 18.5. The summed E-state index contributed by atoms with van der Waals surface area (Å²) in [6.45, 7) is 12.0. The van der Waals surface area contributed by atoms with Crippen molar-refractivity contribution < 1.29 is 9.53 Å². The van der Waals surface area contributed by atoms with E-state index in [9.17, 15) is 10.1 Å². The number of piperidine rings is 1. The van der Waals surface area contributed by atoms with Crippen LogP contribution in [0.1, 0.15) is 68.8 Å². The van der Waals surface area contributed by atoms with E-state index in [2.05, 4.69) is 78.8 Å². The van der Waals surface area contributed by atoms with Crippen LogP contribution in [0.4, 0.5) is 5.69 Å². The minimum absolute atomic E-state index is 0.107. The molecule has 224 valence electrons. The standard InChI is InChI=1S/C35H42N6O2/c1-4-33(42)41-20-15-26(21-27(41)14-17-36)34-30-16-19-39(32-13-7-10-25-9-5-6-12-29(25)32)22-31(30)37-35(38-34)43-23-28-11-8-18-40(28)24(2)3/h4-7,9-10,12-13,24,26-28H,1,8,11,14-16,18-23H2,2-3H3/t26?,27-,28-/m0/s1. The van der Waals surface area contributed by atoms with Crippen LogP contribution in [0.25, 0.3) is 10.8 Å². The van der Waals surface area contributed by atoms with Crippen LogP contribution in [0.3, 0.4) is 0 Å². The summed E-state index contributed by atoms with van der Waals surface area (Å²) in [4.78, 5) is 29.5. The van der Waals surface area contributed by atoms with Crippen LogP contribution in [0, 0.1) is 11.3 Å². The molecule has 3 aliphatic rings. The number of rotatable bonds is 8.